The molecule has 2 aliphatic rings. The van der Waals surface area contributed by atoms with Gasteiger partial charge in [0.15, 0.2) is 5.82 Å². The van der Waals surface area contributed by atoms with Crippen LogP contribution in [-0.4, -0.2) is 33.3 Å². The molecule has 0 bridgehead atoms. The zero-order valence-electron chi connectivity index (χ0n) is 14.7. The first kappa shape index (κ1) is 17.7. The molecule has 0 saturated heterocycles. The lowest BCUT2D eigenvalue weighted by Crippen LogP contribution is -2.46. The molecule has 25 heavy (non-hydrogen) atoms. The van der Waals surface area contributed by atoms with E-state index in [1.807, 2.05) is 13.8 Å². The van der Waals surface area contributed by atoms with Crippen molar-refractivity contribution in [1.82, 2.24) is 20.8 Å². The SMILES string of the molecule is CC(C)C(NC(=O)NC1CCC(C(=O)O)CC1)c1nc(C2CC2)no1. The van der Waals surface area contributed by atoms with E-state index in [0.717, 1.165) is 18.7 Å². The average molecular weight is 350 g/mol. The highest BCUT2D eigenvalue weighted by Gasteiger charge is 2.32. The van der Waals surface area contributed by atoms with Gasteiger partial charge in [-0.25, -0.2) is 4.79 Å². The van der Waals surface area contributed by atoms with Crippen LogP contribution < -0.4 is 10.6 Å². The Kier molecular flexibility index (Phi) is 5.24. The lowest BCUT2D eigenvalue weighted by molar-refractivity contribution is -0.142. The van der Waals surface area contributed by atoms with Crippen LogP contribution in [0.4, 0.5) is 4.79 Å². The van der Waals surface area contributed by atoms with Crippen LogP contribution in [0.2, 0.25) is 0 Å². The van der Waals surface area contributed by atoms with Crippen molar-refractivity contribution in [3.63, 3.8) is 0 Å². The normalized spacial score (nSPS) is 24.8. The van der Waals surface area contributed by atoms with E-state index in [1.165, 1.54) is 0 Å². The molecule has 1 atom stereocenters. The standard InChI is InChI=1S/C17H26N4O4/c1-9(2)13(15-20-14(21-25-15)10-3-4-10)19-17(24)18-12-7-5-11(6-8-12)16(22)23/h9-13H,3-8H2,1-2H3,(H,22,23)(H2,18,19,24). The van der Waals surface area contributed by atoms with Crippen LogP contribution in [0.25, 0.3) is 0 Å². The van der Waals surface area contributed by atoms with Gasteiger partial charge < -0.3 is 20.3 Å². The first-order chi connectivity index (χ1) is 11.9. The van der Waals surface area contributed by atoms with Crippen molar-refractivity contribution in [2.75, 3.05) is 0 Å². The molecule has 1 unspecified atom stereocenters. The quantitative estimate of drug-likeness (QED) is 0.726. The third-order valence-corrected chi connectivity index (χ3v) is 5.03. The molecule has 0 radical (unpaired) electrons. The lowest BCUT2D eigenvalue weighted by atomic mass is 9.86. The third-order valence-electron chi connectivity index (χ3n) is 5.03. The van der Waals surface area contributed by atoms with E-state index in [2.05, 4.69) is 20.8 Å². The number of amides is 2. The molecule has 0 spiro atoms. The van der Waals surface area contributed by atoms with E-state index < -0.39 is 5.97 Å². The molecule has 2 aliphatic carbocycles. The summed E-state index contributed by atoms with van der Waals surface area (Å²) in [6.07, 6.45) is 4.76. The minimum absolute atomic E-state index is 0.00752. The Labute approximate surface area is 146 Å². The highest BCUT2D eigenvalue weighted by atomic mass is 16.5. The van der Waals surface area contributed by atoms with Gasteiger partial charge in [-0.1, -0.05) is 19.0 Å². The second-order valence-corrected chi connectivity index (χ2v) is 7.49. The predicted octanol–water partition coefficient (Wildman–Crippen LogP) is 2.59. The number of nitrogens with one attached hydrogen (secondary N) is 2. The number of rotatable bonds is 6. The van der Waals surface area contributed by atoms with Gasteiger partial charge >= 0.3 is 12.0 Å². The minimum atomic E-state index is -0.745. The molecule has 8 nitrogen and oxygen atoms in total. The summed E-state index contributed by atoms with van der Waals surface area (Å²) in [7, 11) is 0. The van der Waals surface area contributed by atoms with E-state index in [1.54, 1.807) is 0 Å². The number of nitrogens with zero attached hydrogens (tertiary/aromatic N) is 2. The van der Waals surface area contributed by atoms with Gasteiger partial charge in [-0.15, -0.1) is 0 Å². The highest BCUT2D eigenvalue weighted by molar-refractivity contribution is 5.75. The average Bonchev–Trinajstić information content (AvgIpc) is 3.31. The zero-order chi connectivity index (χ0) is 18.0. The number of hydrogen-bond acceptors (Lipinski definition) is 5. The Balaban J connectivity index is 1.53. The summed E-state index contributed by atoms with van der Waals surface area (Å²) in [5, 5.41) is 18.9. The second-order valence-electron chi connectivity index (χ2n) is 7.49. The number of carboxylic acid groups (broad SMARTS) is 1. The summed E-state index contributed by atoms with van der Waals surface area (Å²) in [6.45, 7) is 3.98. The molecule has 1 heterocycles. The van der Waals surface area contributed by atoms with E-state index in [4.69, 9.17) is 9.63 Å². The van der Waals surface area contributed by atoms with E-state index in [0.29, 0.717) is 37.5 Å². The Bertz CT molecular complexity index is 618. The molecule has 0 aliphatic heterocycles. The molecule has 0 aromatic carbocycles. The number of hydrogen-bond donors (Lipinski definition) is 3. The van der Waals surface area contributed by atoms with Gasteiger partial charge in [-0.3, -0.25) is 4.79 Å². The summed E-state index contributed by atoms with van der Waals surface area (Å²) in [4.78, 5) is 27.8. The predicted molar refractivity (Wildman–Crippen MR) is 88.9 cm³/mol. The lowest BCUT2D eigenvalue weighted by Gasteiger charge is -2.28. The number of carbonyl (C=O) groups is 2. The first-order valence-corrected chi connectivity index (χ1v) is 9.07. The van der Waals surface area contributed by atoms with Gasteiger partial charge in [0.1, 0.15) is 6.04 Å². The van der Waals surface area contributed by atoms with E-state index in [-0.39, 0.29) is 30.0 Å². The fraction of sp³-hybridized carbons (Fsp3) is 0.765. The summed E-state index contributed by atoms with van der Waals surface area (Å²) in [5.74, 6) is 0.662. The van der Waals surface area contributed by atoms with Crippen molar-refractivity contribution < 1.29 is 19.2 Å². The maximum atomic E-state index is 12.3. The third kappa shape index (κ3) is 4.49. The van der Waals surface area contributed by atoms with Crippen LogP contribution in [0.3, 0.4) is 0 Å². The molecule has 3 N–H and O–H groups in total. The van der Waals surface area contributed by atoms with Crippen LogP contribution >= 0.6 is 0 Å². The van der Waals surface area contributed by atoms with Crippen molar-refractivity contribution in [2.24, 2.45) is 11.8 Å². The van der Waals surface area contributed by atoms with Gasteiger partial charge in [-0.2, -0.15) is 4.98 Å². The molecule has 2 amide bonds. The van der Waals surface area contributed by atoms with Crippen LogP contribution in [-0.2, 0) is 4.79 Å². The van der Waals surface area contributed by atoms with E-state index >= 15 is 0 Å². The zero-order valence-corrected chi connectivity index (χ0v) is 14.7. The molecular weight excluding hydrogens is 324 g/mol. The van der Waals surface area contributed by atoms with Crippen LogP contribution in [0.5, 0.6) is 0 Å². The largest absolute Gasteiger partial charge is 0.481 e. The van der Waals surface area contributed by atoms with Gasteiger partial charge in [0.05, 0.1) is 5.92 Å². The Hall–Kier alpha value is -2.12. The fourth-order valence-corrected chi connectivity index (χ4v) is 3.25. The maximum absolute atomic E-state index is 12.3. The molecule has 1 aromatic rings. The summed E-state index contributed by atoms with van der Waals surface area (Å²) >= 11 is 0. The van der Waals surface area contributed by atoms with Crippen molar-refractivity contribution in [1.29, 1.82) is 0 Å². The van der Waals surface area contributed by atoms with Crippen molar-refractivity contribution in [3.8, 4) is 0 Å². The highest BCUT2D eigenvalue weighted by Crippen LogP contribution is 2.38. The molecule has 2 fully saturated rings. The fourth-order valence-electron chi connectivity index (χ4n) is 3.25. The monoisotopic (exact) mass is 350 g/mol. The molecule has 138 valence electrons. The van der Waals surface area contributed by atoms with Crippen molar-refractivity contribution in [3.05, 3.63) is 11.7 Å². The minimum Gasteiger partial charge on any atom is -0.481 e. The van der Waals surface area contributed by atoms with Gasteiger partial charge in [0.25, 0.3) is 0 Å². The van der Waals surface area contributed by atoms with Gasteiger partial charge in [-0.05, 0) is 44.4 Å². The van der Waals surface area contributed by atoms with Crippen LogP contribution in [0.1, 0.15) is 76.0 Å². The number of urea groups is 1. The van der Waals surface area contributed by atoms with Gasteiger partial charge in [0.2, 0.25) is 5.89 Å². The first-order valence-electron chi connectivity index (χ1n) is 9.07. The molecule has 1 aromatic heterocycles. The van der Waals surface area contributed by atoms with E-state index in [9.17, 15) is 9.59 Å². The Morgan fingerprint density at radius 3 is 2.40 bits per heavy atom. The smallest absolute Gasteiger partial charge is 0.315 e. The molecule has 8 heteroatoms. The van der Waals surface area contributed by atoms with Crippen LogP contribution in [0.15, 0.2) is 4.52 Å². The Morgan fingerprint density at radius 1 is 1.16 bits per heavy atom. The number of aliphatic carboxylic acids is 1. The molecule has 3 rings (SSSR count). The summed E-state index contributed by atoms with van der Waals surface area (Å²) in [6, 6.07) is -0.605. The number of carboxylic acids is 1. The molecular formula is C17H26N4O4. The summed E-state index contributed by atoms with van der Waals surface area (Å²) in [5.41, 5.74) is 0. The number of carbonyl (C=O) groups excluding carboxylic acids is 1. The number of aromatic nitrogens is 2. The maximum Gasteiger partial charge on any atom is 0.315 e. The topological polar surface area (TPSA) is 117 Å². The van der Waals surface area contributed by atoms with Crippen molar-refractivity contribution in [2.45, 2.75) is 70.4 Å². The second kappa shape index (κ2) is 7.41. The van der Waals surface area contributed by atoms with Gasteiger partial charge in [0, 0.05) is 12.0 Å². The summed E-state index contributed by atoms with van der Waals surface area (Å²) < 4.78 is 5.35. The Morgan fingerprint density at radius 2 is 1.84 bits per heavy atom. The van der Waals surface area contributed by atoms with Crippen LogP contribution in [0, 0.1) is 11.8 Å². The molecule has 2 saturated carbocycles. The van der Waals surface area contributed by atoms with Crippen molar-refractivity contribution >= 4 is 12.0 Å².